The van der Waals surface area contributed by atoms with Gasteiger partial charge in [0.05, 0.1) is 27.7 Å². The number of carbonyl (C=O) groups excluding carboxylic acids is 2. The van der Waals surface area contributed by atoms with Crippen molar-refractivity contribution in [3.05, 3.63) is 122 Å². The van der Waals surface area contributed by atoms with E-state index >= 15 is 0 Å². The summed E-state index contributed by atoms with van der Waals surface area (Å²) in [4.78, 5) is 35.6. The van der Waals surface area contributed by atoms with Gasteiger partial charge in [0, 0.05) is 12.8 Å². The second kappa shape index (κ2) is 54.2. The van der Waals surface area contributed by atoms with Crippen molar-refractivity contribution in [1.82, 2.24) is 0 Å². The quantitative estimate of drug-likeness (QED) is 0.0211. The molecule has 0 aromatic carbocycles. The zero-order chi connectivity index (χ0) is 54.2. The molecule has 0 fully saturated rings. The van der Waals surface area contributed by atoms with Gasteiger partial charge in [-0.25, -0.2) is 4.57 Å². The van der Waals surface area contributed by atoms with Gasteiger partial charge < -0.3 is 18.9 Å². The number of allylic oxidation sites excluding steroid dienone is 20. The van der Waals surface area contributed by atoms with E-state index in [0.717, 1.165) is 89.9 Å². The molecule has 10 heteroatoms. The predicted octanol–water partition coefficient (Wildman–Crippen LogP) is 18.4. The Morgan fingerprint density at radius 3 is 1.12 bits per heavy atom. The van der Waals surface area contributed by atoms with E-state index in [2.05, 4.69) is 135 Å². The number of likely N-dealkylation sites (N-methyl/N-ethyl adjacent to an activating group) is 1. The van der Waals surface area contributed by atoms with E-state index in [4.69, 9.17) is 18.5 Å². The molecule has 0 aliphatic rings. The summed E-state index contributed by atoms with van der Waals surface area (Å²) < 4.78 is 34.5. The van der Waals surface area contributed by atoms with Gasteiger partial charge in [0.1, 0.15) is 19.8 Å². The highest BCUT2D eigenvalue weighted by Crippen LogP contribution is 2.43. The molecule has 0 bridgehead atoms. The molecule has 1 N–H and O–H groups in total. The van der Waals surface area contributed by atoms with Gasteiger partial charge in [-0.15, -0.1) is 0 Å². The number of phosphoric acid groups is 1. The molecule has 0 aromatic rings. The molecule has 74 heavy (non-hydrogen) atoms. The topological polar surface area (TPSA) is 108 Å². The second-order valence-electron chi connectivity index (χ2n) is 20.3. The number of unbranched alkanes of at least 4 members (excludes halogenated alkanes) is 18. The maximum absolute atomic E-state index is 12.8. The van der Waals surface area contributed by atoms with E-state index in [1.54, 1.807) is 0 Å². The third-order valence-corrected chi connectivity index (χ3v) is 13.0. The van der Waals surface area contributed by atoms with Gasteiger partial charge in [-0.1, -0.05) is 232 Å². The SMILES string of the molecule is CC/C=C\C/C=C\C/C=C\C/C=C\C/C=C\CCCCCCCCCCCCCCCCCCCC(=O)OC(COC(=O)CCC/C=C\C/C=C\C/C=C\C/C=C\C/C=C\CC)COP(=O)(O)OCC[N+](C)(C)C. The van der Waals surface area contributed by atoms with E-state index in [-0.39, 0.29) is 26.1 Å². The molecule has 9 nitrogen and oxygen atoms in total. The van der Waals surface area contributed by atoms with E-state index in [0.29, 0.717) is 23.9 Å². The number of esters is 2. The molecular formula is C64H109NO8P+. The Morgan fingerprint density at radius 2 is 0.743 bits per heavy atom. The van der Waals surface area contributed by atoms with Crippen LogP contribution in [0.3, 0.4) is 0 Å². The molecule has 0 saturated carbocycles. The van der Waals surface area contributed by atoms with Crippen molar-refractivity contribution >= 4 is 19.8 Å². The number of quaternary nitrogens is 1. The molecule has 0 aromatic heterocycles. The molecule has 0 rings (SSSR count). The van der Waals surface area contributed by atoms with Crippen LogP contribution in [0.25, 0.3) is 0 Å². The molecule has 2 atom stereocenters. The summed E-state index contributed by atoms with van der Waals surface area (Å²) in [6.45, 7) is 4.13. The number of rotatable bonds is 52. The summed E-state index contributed by atoms with van der Waals surface area (Å²) >= 11 is 0. The smallest absolute Gasteiger partial charge is 0.462 e. The fraction of sp³-hybridized carbons (Fsp3) is 0.656. The van der Waals surface area contributed by atoms with Crippen molar-refractivity contribution in [2.45, 2.75) is 225 Å². The monoisotopic (exact) mass is 1050 g/mol. The minimum absolute atomic E-state index is 0.0178. The molecule has 0 saturated heterocycles. The van der Waals surface area contributed by atoms with Crippen LogP contribution >= 0.6 is 7.82 Å². The number of hydrogen-bond donors (Lipinski definition) is 1. The zero-order valence-corrected chi connectivity index (χ0v) is 48.7. The van der Waals surface area contributed by atoms with Gasteiger partial charge in [-0.3, -0.25) is 18.6 Å². The lowest BCUT2D eigenvalue weighted by Crippen LogP contribution is -2.37. The van der Waals surface area contributed by atoms with Crippen LogP contribution in [0, 0.1) is 0 Å². The minimum atomic E-state index is -4.40. The van der Waals surface area contributed by atoms with Crippen molar-refractivity contribution in [1.29, 1.82) is 0 Å². The van der Waals surface area contributed by atoms with Crippen LogP contribution in [0.1, 0.15) is 219 Å². The summed E-state index contributed by atoms with van der Waals surface area (Å²) in [5.41, 5.74) is 0. The van der Waals surface area contributed by atoms with Gasteiger partial charge in [0.25, 0.3) is 0 Å². The van der Waals surface area contributed by atoms with Crippen molar-refractivity contribution in [2.24, 2.45) is 0 Å². The predicted molar refractivity (Wildman–Crippen MR) is 316 cm³/mol. The Bertz CT molecular complexity index is 1660. The van der Waals surface area contributed by atoms with Crippen LogP contribution < -0.4 is 0 Å². The summed E-state index contributed by atoms with van der Waals surface area (Å²) in [7, 11) is 1.44. The van der Waals surface area contributed by atoms with Crippen molar-refractivity contribution in [3.63, 3.8) is 0 Å². The van der Waals surface area contributed by atoms with Crippen LogP contribution in [-0.4, -0.2) is 74.9 Å². The fourth-order valence-electron chi connectivity index (χ4n) is 7.55. The zero-order valence-electron chi connectivity index (χ0n) is 47.8. The molecular weight excluding hydrogens is 942 g/mol. The van der Waals surface area contributed by atoms with Gasteiger partial charge in [0.15, 0.2) is 6.10 Å². The van der Waals surface area contributed by atoms with Crippen LogP contribution in [0.5, 0.6) is 0 Å². The Morgan fingerprint density at radius 1 is 0.419 bits per heavy atom. The van der Waals surface area contributed by atoms with Gasteiger partial charge in [-0.2, -0.15) is 0 Å². The number of ether oxygens (including phenoxy) is 2. The lowest BCUT2D eigenvalue weighted by atomic mass is 10.0. The standard InChI is InChI=1S/C64H108NO8P/c1-6-8-10-12-14-16-18-20-22-24-25-26-27-28-29-30-31-32-33-34-35-36-37-38-39-41-43-45-47-49-51-53-55-57-64(67)73-62(61-72-74(68,69)71-59-58-65(3,4)5)60-70-63(66)56-54-52-50-48-46-44-42-40-23-21-19-17-15-13-11-9-7-2/h8-11,14-17,20-23,25-26,28-29,42,44,48,50,62H,6-7,12-13,18-19,24,27,30-41,43,45-47,49,51-61H2,1-5H3/p+1/b10-8-,11-9-,16-14-,17-15-,22-20-,23-21-,26-25-,29-28-,44-42-,50-48-. The van der Waals surface area contributed by atoms with E-state index in [1.807, 2.05) is 21.1 Å². The van der Waals surface area contributed by atoms with E-state index in [9.17, 15) is 19.0 Å². The first-order valence-electron chi connectivity index (χ1n) is 29.3. The summed E-state index contributed by atoms with van der Waals surface area (Å²) in [6.07, 6.45) is 77.2. The van der Waals surface area contributed by atoms with Gasteiger partial charge >= 0.3 is 19.8 Å². The normalized spacial score (nSPS) is 14.2. The summed E-state index contributed by atoms with van der Waals surface area (Å²) in [5.74, 6) is -0.870. The molecule has 0 aliphatic carbocycles. The minimum Gasteiger partial charge on any atom is -0.462 e. The maximum Gasteiger partial charge on any atom is 0.472 e. The first kappa shape index (κ1) is 70.4. The Balaban J connectivity index is 4.14. The largest absolute Gasteiger partial charge is 0.472 e. The first-order chi connectivity index (χ1) is 36.0. The van der Waals surface area contributed by atoms with Gasteiger partial charge in [-0.05, 0) is 96.3 Å². The van der Waals surface area contributed by atoms with Crippen LogP contribution in [0.15, 0.2) is 122 Å². The molecule has 0 amide bonds. The average molecular weight is 1050 g/mol. The highest BCUT2D eigenvalue weighted by molar-refractivity contribution is 7.47. The van der Waals surface area contributed by atoms with Crippen LogP contribution in [0.4, 0.5) is 0 Å². The number of phosphoric ester groups is 1. The Labute approximate surface area is 454 Å². The van der Waals surface area contributed by atoms with Gasteiger partial charge in [0.2, 0.25) is 0 Å². The highest BCUT2D eigenvalue weighted by atomic mass is 31.2. The molecule has 0 spiro atoms. The van der Waals surface area contributed by atoms with Crippen LogP contribution in [-0.2, 0) is 32.7 Å². The van der Waals surface area contributed by atoms with Crippen LogP contribution in [0.2, 0.25) is 0 Å². The molecule has 0 radical (unpaired) electrons. The number of carbonyl (C=O) groups is 2. The second-order valence-corrected chi connectivity index (χ2v) is 21.7. The summed E-state index contributed by atoms with van der Waals surface area (Å²) in [5, 5.41) is 0. The lowest BCUT2D eigenvalue weighted by Gasteiger charge is -2.24. The number of hydrogen-bond acceptors (Lipinski definition) is 7. The van der Waals surface area contributed by atoms with Crippen molar-refractivity contribution in [3.8, 4) is 0 Å². The lowest BCUT2D eigenvalue weighted by molar-refractivity contribution is -0.870. The Hall–Kier alpha value is -3.59. The van der Waals surface area contributed by atoms with E-state index in [1.165, 1.54) is 89.9 Å². The molecule has 2 unspecified atom stereocenters. The van der Waals surface area contributed by atoms with Crippen molar-refractivity contribution < 1.29 is 42.1 Å². The van der Waals surface area contributed by atoms with E-state index < -0.39 is 32.5 Å². The maximum atomic E-state index is 12.8. The third kappa shape index (κ3) is 57.7. The molecule has 0 aliphatic heterocycles. The molecule has 0 heterocycles. The fourth-order valence-corrected chi connectivity index (χ4v) is 8.29. The Kier molecular flexibility index (Phi) is 51.6. The van der Waals surface area contributed by atoms with Crippen molar-refractivity contribution in [2.75, 3.05) is 47.5 Å². The number of nitrogens with zero attached hydrogens (tertiary/aromatic N) is 1. The molecule has 422 valence electrons. The average Bonchev–Trinajstić information content (AvgIpc) is 3.36. The third-order valence-electron chi connectivity index (χ3n) is 12.0. The highest BCUT2D eigenvalue weighted by Gasteiger charge is 2.27. The summed E-state index contributed by atoms with van der Waals surface area (Å²) in [6, 6.07) is 0. The first-order valence-corrected chi connectivity index (χ1v) is 30.8.